The van der Waals surface area contributed by atoms with Gasteiger partial charge in [-0.05, 0) is 49.8 Å². The Morgan fingerprint density at radius 1 is 1.31 bits per heavy atom. The van der Waals surface area contributed by atoms with Gasteiger partial charge < -0.3 is 21.1 Å². The minimum Gasteiger partial charge on any atom is -0.496 e. The van der Waals surface area contributed by atoms with Gasteiger partial charge in [-0.15, -0.1) is 0 Å². The number of hydrogen-bond acceptors (Lipinski definition) is 8. The Balaban J connectivity index is 1.69. The van der Waals surface area contributed by atoms with E-state index in [1.807, 2.05) is 0 Å². The highest BCUT2D eigenvalue weighted by atomic mass is 35.5. The molecule has 0 radical (unpaired) electrons. The van der Waals surface area contributed by atoms with Crippen LogP contribution < -0.4 is 21.1 Å². The molecule has 1 aromatic heterocycles. The van der Waals surface area contributed by atoms with Gasteiger partial charge in [0.2, 0.25) is 11.8 Å². The zero-order valence-corrected chi connectivity index (χ0v) is 17.0. The summed E-state index contributed by atoms with van der Waals surface area (Å²) in [6.07, 6.45) is 5.18. The number of benzene rings is 1. The normalized spacial score (nSPS) is 18.9. The fourth-order valence-electron chi connectivity index (χ4n) is 3.42. The van der Waals surface area contributed by atoms with E-state index in [4.69, 9.17) is 22.1 Å². The molecule has 0 aliphatic heterocycles. The monoisotopic (exact) mass is 420 g/mol. The largest absolute Gasteiger partial charge is 0.496 e. The average Bonchev–Trinajstić information content (AvgIpc) is 2.72. The Bertz CT molecular complexity index is 858. The Morgan fingerprint density at radius 3 is 2.76 bits per heavy atom. The highest BCUT2D eigenvalue weighted by Gasteiger charge is 2.22. The summed E-state index contributed by atoms with van der Waals surface area (Å²) in [5.41, 5.74) is 6.62. The summed E-state index contributed by atoms with van der Waals surface area (Å²) in [7, 11) is 1.58. The number of hydrogen-bond donors (Lipinski definition) is 3. The highest BCUT2D eigenvalue weighted by Crippen LogP contribution is 2.27. The molecule has 9 nitrogen and oxygen atoms in total. The van der Waals surface area contributed by atoms with Gasteiger partial charge in [0.25, 0.3) is 0 Å². The van der Waals surface area contributed by atoms with E-state index < -0.39 is 4.92 Å². The third-order valence-electron chi connectivity index (χ3n) is 5.10. The lowest BCUT2D eigenvalue weighted by Crippen LogP contribution is -2.29. The number of nitrogens with two attached hydrogens (primary N) is 1. The SMILES string of the molecule is COc1ccc(Cl)cc1CNc1ncc([N+](=O)[O-])c(NC[C@H]2CC[C@H](N)CC2)n1. The maximum absolute atomic E-state index is 11.3. The topological polar surface area (TPSA) is 128 Å². The number of aromatic nitrogens is 2. The first-order valence-electron chi connectivity index (χ1n) is 9.53. The second-order valence-electron chi connectivity index (χ2n) is 7.16. The Labute approximate surface area is 174 Å². The number of rotatable bonds is 8. The van der Waals surface area contributed by atoms with Crippen LogP contribution in [0.25, 0.3) is 0 Å². The van der Waals surface area contributed by atoms with E-state index in [1.165, 1.54) is 6.20 Å². The molecule has 1 saturated carbocycles. The fourth-order valence-corrected chi connectivity index (χ4v) is 3.61. The van der Waals surface area contributed by atoms with Crippen molar-refractivity contribution in [3.05, 3.63) is 45.1 Å². The molecule has 10 heteroatoms. The quantitative estimate of drug-likeness (QED) is 0.436. The maximum Gasteiger partial charge on any atom is 0.329 e. The fraction of sp³-hybridized carbons (Fsp3) is 0.474. The molecule has 4 N–H and O–H groups in total. The van der Waals surface area contributed by atoms with Crippen LogP contribution in [0, 0.1) is 16.0 Å². The lowest BCUT2D eigenvalue weighted by Gasteiger charge is -2.26. The molecular weight excluding hydrogens is 396 g/mol. The first-order chi connectivity index (χ1) is 14.0. The molecule has 29 heavy (non-hydrogen) atoms. The van der Waals surface area contributed by atoms with Gasteiger partial charge in [0.15, 0.2) is 0 Å². The zero-order chi connectivity index (χ0) is 20.8. The van der Waals surface area contributed by atoms with Gasteiger partial charge in [-0.3, -0.25) is 10.1 Å². The van der Waals surface area contributed by atoms with Crippen LogP contribution in [0.5, 0.6) is 5.75 Å². The molecule has 1 fully saturated rings. The standard InChI is InChI=1S/C19H25ClN6O3/c1-29-17-7-4-14(20)8-13(17)10-23-19-24-11-16(26(27)28)18(25-19)22-9-12-2-5-15(21)6-3-12/h4,7-8,11-12,15H,2-3,5-6,9-10,21H2,1H3,(H2,22,23,24,25)/t12-,15-. The van der Waals surface area contributed by atoms with E-state index in [9.17, 15) is 10.1 Å². The van der Waals surface area contributed by atoms with Crippen molar-refractivity contribution < 1.29 is 9.66 Å². The first-order valence-corrected chi connectivity index (χ1v) is 9.91. The van der Waals surface area contributed by atoms with Crippen molar-refractivity contribution in [2.75, 3.05) is 24.3 Å². The molecule has 1 aliphatic rings. The molecule has 0 spiro atoms. The van der Waals surface area contributed by atoms with Crippen LogP contribution >= 0.6 is 11.6 Å². The zero-order valence-electron chi connectivity index (χ0n) is 16.2. The van der Waals surface area contributed by atoms with Crippen molar-refractivity contribution in [1.29, 1.82) is 0 Å². The van der Waals surface area contributed by atoms with Crippen LogP contribution in [0.2, 0.25) is 5.02 Å². The number of nitro groups is 1. The van der Waals surface area contributed by atoms with Gasteiger partial charge in [-0.1, -0.05) is 11.6 Å². The molecule has 1 aromatic carbocycles. The van der Waals surface area contributed by atoms with Crippen LogP contribution in [0.15, 0.2) is 24.4 Å². The molecule has 3 rings (SSSR count). The van der Waals surface area contributed by atoms with Gasteiger partial charge >= 0.3 is 5.69 Å². The van der Waals surface area contributed by atoms with Crippen molar-refractivity contribution in [2.45, 2.75) is 38.3 Å². The molecule has 2 aromatic rings. The van der Waals surface area contributed by atoms with Crippen molar-refractivity contribution in [2.24, 2.45) is 11.7 Å². The molecule has 0 amide bonds. The van der Waals surface area contributed by atoms with Crippen molar-refractivity contribution in [3.8, 4) is 5.75 Å². The number of methoxy groups -OCH3 is 1. The number of nitrogens with one attached hydrogen (secondary N) is 2. The molecule has 0 unspecified atom stereocenters. The predicted molar refractivity (Wildman–Crippen MR) is 112 cm³/mol. The van der Waals surface area contributed by atoms with E-state index in [0.29, 0.717) is 29.8 Å². The number of ether oxygens (including phenoxy) is 1. The maximum atomic E-state index is 11.3. The minimum atomic E-state index is -0.483. The van der Waals surface area contributed by atoms with E-state index in [1.54, 1.807) is 25.3 Å². The van der Waals surface area contributed by atoms with E-state index in [2.05, 4.69) is 20.6 Å². The molecule has 0 atom stereocenters. The second-order valence-corrected chi connectivity index (χ2v) is 7.59. The lowest BCUT2D eigenvalue weighted by molar-refractivity contribution is -0.384. The Hall–Kier alpha value is -2.65. The summed E-state index contributed by atoms with van der Waals surface area (Å²) < 4.78 is 5.33. The van der Waals surface area contributed by atoms with Crippen molar-refractivity contribution in [3.63, 3.8) is 0 Å². The van der Waals surface area contributed by atoms with Gasteiger partial charge in [0, 0.05) is 29.7 Å². The van der Waals surface area contributed by atoms with Gasteiger partial charge in [-0.25, -0.2) is 4.98 Å². The third kappa shape index (κ3) is 5.68. The minimum absolute atomic E-state index is 0.150. The smallest absolute Gasteiger partial charge is 0.329 e. The van der Waals surface area contributed by atoms with Gasteiger partial charge in [-0.2, -0.15) is 4.98 Å². The van der Waals surface area contributed by atoms with E-state index in [0.717, 1.165) is 31.2 Å². The Morgan fingerprint density at radius 2 is 2.07 bits per heavy atom. The van der Waals surface area contributed by atoms with Crippen molar-refractivity contribution >= 4 is 29.1 Å². The summed E-state index contributed by atoms with van der Waals surface area (Å²) in [6, 6.07) is 5.57. The molecule has 1 aliphatic carbocycles. The molecular formula is C19H25ClN6O3. The predicted octanol–water partition coefficient (Wildman–Crippen LogP) is 3.59. The molecule has 156 valence electrons. The molecule has 0 saturated heterocycles. The Kier molecular flexibility index (Phi) is 7.05. The van der Waals surface area contributed by atoms with E-state index in [-0.39, 0.29) is 23.5 Å². The third-order valence-corrected chi connectivity index (χ3v) is 5.33. The summed E-state index contributed by atoms with van der Waals surface area (Å²) in [5.74, 6) is 1.60. The van der Waals surface area contributed by atoms with Crippen LogP contribution in [-0.4, -0.2) is 34.6 Å². The summed E-state index contributed by atoms with van der Waals surface area (Å²) >= 11 is 6.05. The average molecular weight is 421 g/mol. The van der Waals surface area contributed by atoms with Crippen LogP contribution in [-0.2, 0) is 6.54 Å². The highest BCUT2D eigenvalue weighted by molar-refractivity contribution is 6.30. The first kappa shape index (κ1) is 21.1. The van der Waals surface area contributed by atoms with Crippen LogP contribution in [0.3, 0.4) is 0 Å². The molecule has 1 heterocycles. The van der Waals surface area contributed by atoms with Crippen LogP contribution in [0.4, 0.5) is 17.5 Å². The number of nitrogens with zero attached hydrogens (tertiary/aromatic N) is 3. The number of anilines is 2. The van der Waals surface area contributed by atoms with Crippen LogP contribution in [0.1, 0.15) is 31.2 Å². The summed E-state index contributed by atoms with van der Waals surface area (Å²) in [5, 5.41) is 18.1. The number of halogens is 1. The van der Waals surface area contributed by atoms with Gasteiger partial charge in [0.1, 0.15) is 11.9 Å². The van der Waals surface area contributed by atoms with E-state index >= 15 is 0 Å². The van der Waals surface area contributed by atoms with Crippen molar-refractivity contribution in [1.82, 2.24) is 9.97 Å². The van der Waals surface area contributed by atoms with Gasteiger partial charge in [0.05, 0.1) is 12.0 Å². The lowest BCUT2D eigenvalue weighted by atomic mass is 9.86. The summed E-state index contributed by atoms with van der Waals surface area (Å²) in [6.45, 7) is 0.980. The second kappa shape index (κ2) is 9.71. The summed E-state index contributed by atoms with van der Waals surface area (Å²) in [4.78, 5) is 19.2. The molecule has 0 bridgehead atoms.